The van der Waals surface area contributed by atoms with E-state index in [0.29, 0.717) is 6.42 Å². The summed E-state index contributed by atoms with van der Waals surface area (Å²) in [7, 11) is 0. The molecule has 1 aliphatic rings. The molecule has 19 heavy (non-hydrogen) atoms. The molecule has 0 saturated carbocycles. The molecule has 4 nitrogen and oxygen atoms in total. The minimum Gasteiger partial charge on any atom is -0.481 e. The highest BCUT2D eigenvalue weighted by molar-refractivity contribution is 8.00. The van der Waals surface area contributed by atoms with E-state index in [1.807, 2.05) is 6.92 Å². The topological polar surface area (TPSA) is 66.4 Å². The number of carbonyl (C=O) groups is 2. The predicted molar refractivity (Wildman–Crippen MR) is 78.4 cm³/mol. The SMILES string of the molecule is CC(CCCC(C)C(=O)O)NC(=O)C1CCCCS1. The van der Waals surface area contributed by atoms with Crippen LogP contribution in [0.1, 0.15) is 52.4 Å². The van der Waals surface area contributed by atoms with Gasteiger partial charge in [-0.3, -0.25) is 9.59 Å². The third kappa shape index (κ3) is 6.32. The molecule has 1 aliphatic heterocycles. The van der Waals surface area contributed by atoms with Crippen LogP contribution in [0.2, 0.25) is 0 Å². The highest BCUT2D eigenvalue weighted by atomic mass is 32.2. The largest absolute Gasteiger partial charge is 0.481 e. The molecule has 0 bridgehead atoms. The van der Waals surface area contributed by atoms with Gasteiger partial charge in [-0.25, -0.2) is 0 Å². The van der Waals surface area contributed by atoms with E-state index >= 15 is 0 Å². The summed E-state index contributed by atoms with van der Waals surface area (Å²) in [5, 5.41) is 12.0. The number of rotatable bonds is 7. The zero-order chi connectivity index (χ0) is 14.3. The maximum atomic E-state index is 12.0. The molecule has 1 amide bonds. The van der Waals surface area contributed by atoms with Crippen molar-refractivity contribution in [1.29, 1.82) is 0 Å². The second-order valence-electron chi connectivity index (χ2n) is 5.44. The third-order valence-corrected chi connectivity index (χ3v) is 4.93. The van der Waals surface area contributed by atoms with Crippen molar-refractivity contribution < 1.29 is 14.7 Å². The maximum absolute atomic E-state index is 12.0. The number of hydrogen-bond donors (Lipinski definition) is 2. The molecule has 2 N–H and O–H groups in total. The number of thioether (sulfide) groups is 1. The van der Waals surface area contributed by atoms with Crippen molar-refractivity contribution in [3.05, 3.63) is 0 Å². The van der Waals surface area contributed by atoms with Crippen LogP contribution in [0.15, 0.2) is 0 Å². The first kappa shape index (κ1) is 16.3. The fraction of sp³-hybridized carbons (Fsp3) is 0.857. The molecule has 1 saturated heterocycles. The van der Waals surface area contributed by atoms with Crippen LogP contribution in [-0.4, -0.2) is 34.0 Å². The lowest BCUT2D eigenvalue weighted by Crippen LogP contribution is -2.39. The molecule has 0 aromatic rings. The van der Waals surface area contributed by atoms with Crippen LogP contribution in [0.25, 0.3) is 0 Å². The smallest absolute Gasteiger partial charge is 0.306 e. The summed E-state index contributed by atoms with van der Waals surface area (Å²) >= 11 is 1.76. The Kier molecular flexibility index (Phi) is 7.28. The van der Waals surface area contributed by atoms with Crippen LogP contribution in [0, 0.1) is 5.92 Å². The normalized spacial score (nSPS) is 22.5. The van der Waals surface area contributed by atoms with Crippen molar-refractivity contribution >= 4 is 23.6 Å². The molecule has 0 aromatic carbocycles. The third-order valence-electron chi connectivity index (χ3n) is 3.56. The van der Waals surface area contributed by atoms with E-state index in [2.05, 4.69) is 5.32 Å². The van der Waals surface area contributed by atoms with Gasteiger partial charge in [0.05, 0.1) is 11.2 Å². The van der Waals surface area contributed by atoms with Crippen LogP contribution in [0.3, 0.4) is 0 Å². The van der Waals surface area contributed by atoms with E-state index in [0.717, 1.165) is 31.4 Å². The van der Waals surface area contributed by atoms with Crippen LogP contribution in [0.4, 0.5) is 0 Å². The first-order valence-corrected chi connectivity index (χ1v) is 8.20. The molecule has 0 aromatic heterocycles. The van der Waals surface area contributed by atoms with E-state index in [1.165, 1.54) is 6.42 Å². The predicted octanol–water partition coefficient (Wildman–Crippen LogP) is 2.67. The first-order valence-electron chi connectivity index (χ1n) is 7.15. The van der Waals surface area contributed by atoms with Crippen molar-refractivity contribution in [3.8, 4) is 0 Å². The lowest BCUT2D eigenvalue weighted by molar-refractivity contribution is -0.141. The molecule has 0 spiro atoms. The van der Waals surface area contributed by atoms with Crippen LogP contribution in [0.5, 0.6) is 0 Å². The zero-order valence-electron chi connectivity index (χ0n) is 11.9. The van der Waals surface area contributed by atoms with Gasteiger partial charge < -0.3 is 10.4 Å². The number of carboxylic acids is 1. The molecule has 0 radical (unpaired) electrons. The second-order valence-corrected chi connectivity index (χ2v) is 6.75. The van der Waals surface area contributed by atoms with Crippen LogP contribution in [-0.2, 0) is 9.59 Å². The van der Waals surface area contributed by atoms with E-state index in [-0.39, 0.29) is 23.1 Å². The van der Waals surface area contributed by atoms with E-state index in [1.54, 1.807) is 18.7 Å². The standard InChI is InChI=1S/C14H25NO3S/c1-10(14(17)18)6-5-7-11(2)15-13(16)12-8-3-4-9-19-12/h10-12H,3-9H2,1-2H3,(H,15,16)(H,17,18). The van der Waals surface area contributed by atoms with Gasteiger partial charge >= 0.3 is 5.97 Å². The lowest BCUT2D eigenvalue weighted by atomic mass is 10.0. The second kappa shape index (κ2) is 8.46. The zero-order valence-corrected chi connectivity index (χ0v) is 12.7. The Hall–Kier alpha value is -0.710. The quantitative estimate of drug-likeness (QED) is 0.755. The van der Waals surface area contributed by atoms with Gasteiger partial charge in [0.1, 0.15) is 0 Å². The fourth-order valence-electron chi connectivity index (χ4n) is 2.21. The number of carbonyl (C=O) groups excluding carboxylic acids is 1. The first-order chi connectivity index (χ1) is 9.00. The van der Waals surface area contributed by atoms with Gasteiger partial charge in [0.25, 0.3) is 0 Å². The fourth-order valence-corrected chi connectivity index (χ4v) is 3.42. The Morgan fingerprint density at radius 2 is 2.05 bits per heavy atom. The molecule has 3 atom stereocenters. The summed E-state index contributed by atoms with van der Waals surface area (Å²) in [5.41, 5.74) is 0. The highest BCUT2D eigenvalue weighted by Gasteiger charge is 2.22. The summed E-state index contributed by atoms with van der Waals surface area (Å²) in [6, 6.07) is 0.135. The molecule has 110 valence electrons. The number of hydrogen-bond acceptors (Lipinski definition) is 3. The van der Waals surface area contributed by atoms with E-state index in [9.17, 15) is 9.59 Å². The van der Waals surface area contributed by atoms with Crippen molar-refractivity contribution in [2.45, 2.75) is 63.7 Å². The molecular formula is C14H25NO3S. The van der Waals surface area contributed by atoms with Gasteiger partial charge in [0, 0.05) is 6.04 Å². The molecular weight excluding hydrogens is 262 g/mol. The minimum atomic E-state index is -0.740. The Balaban J connectivity index is 2.17. The van der Waals surface area contributed by atoms with Gasteiger partial charge in [-0.1, -0.05) is 19.8 Å². The molecule has 1 heterocycles. The number of aliphatic carboxylic acids is 1. The monoisotopic (exact) mass is 287 g/mol. The van der Waals surface area contributed by atoms with Crippen molar-refractivity contribution in [2.24, 2.45) is 5.92 Å². The van der Waals surface area contributed by atoms with Crippen molar-refractivity contribution in [3.63, 3.8) is 0 Å². The summed E-state index contributed by atoms with van der Waals surface area (Å²) in [6.45, 7) is 3.72. The summed E-state index contributed by atoms with van der Waals surface area (Å²) < 4.78 is 0. The summed E-state index contributed by atoms with van der Waals surface area (Å²) in [5.74, 6) is 0.207. The average Bonchev–Trinajstić information content (AvgIpc) is 2.39. The lowest BCUT2D eigenvalue weighted by Gasteiger charge is -2.23. The van der Waals surface area contributed by atoms with Gasteiger partial charge in [-0.15, -0.1) is 11.8 Å². The average molecular weight is 287 g/mol. The van der Waals surface area contributed by atoms with Crippen LogP contribution < -0.4 is 5.32 Å². The Morgan fingerprint density at radius 1 is 1.32 bits per heavy atom. The molecule has 1 fully saturated rings. The van der Waals surface area contributed by atoms with Crippen molar-refractivity contribution in [2.75, 3.05) is 5.75 Å². The van der Waals surface area contributed by atoms with Crippen molar-refractivity contribution in [1.82, 2.24) is 5.32 Å². The van der Waals surface area contributed by atoms with Gasteiger partial charge in [-0.05, 0) is 38.4 Å². The van der Waals surface area contributed by atoms with E-state index < -0.39 is 5.97 Å². The number of carboxylic acid groups (broad SMARTS) is 1. The van der Waals surface area contributed by atoms with E-state index in [4.69, 9.17) is 5.11 Å². The molecule has 0 aliphatic carbocycles. The van der Waals surface area contributed by atoms with Gasteiger partial charge in [0.2, 0.25) is 5.91 Å². The number of nitrogens with one attached hydrogen (secondary N) is 1. The van der Waals surface area contributed by atoms with Gasteiger partial charge in [-0.2, -0.15) is 0 Å². The summed E-state index contributed by atoms with van der Waals surface area (Å²) in [4.78, 5) is 22.7. The number of amides is 1. The molecule has 3 unspecified atom stereocenters. The maximum Gasteiger partial charge on any atom is 0.306 e. The highest BCUT2D eigenvalue weighted by Crippen LogP contribution is 2.25. The molecule has 1 rings (SSSR count). The van der Waals surface area contributed by atoms with Gasteiger partial charge in [0.15, 0.2) is 0 Å². The minimum absolute atomic E-state index is 0.120. The summed E-state index contributed by atoms with van der Waals surface area (Å²) in [6.07, 6.45) is 5.72. The Labute approximate surface area is 119 Å². The molecule has 5 heteroatoms. The van der Waals surface area contributed by atoms with Crippen LogP contribution >= 0.6 is 11.8 Å². The Bertz CT molecular complexity index is 303. The Morgan fingerprint density at radius 3 is 2.63 bits per heavy atom.